The second kappa shape index (κ2) is 4.30. The molecule has 0 bridgehead atoms. The van der Waals surface area contributed by atoms with Crippen LogP contribution in [0.4, 0.5) is 5.82 Å². The number of methoxy groups -OCH3 is 1. The van der Waals surface area contributed by atoms with Crippen LogP contribution in [0.1, 0.15) is 6.92 Å². The average molecular weight is 231 g/mol. The number of aromatic nitrogens is 1. The Hall–Kier alpha value is -0.770. The Morgan fingerprint density at radius 3 is 2.83 bits per heavy atom. The summed E-state index contributed by atoms with van der Waals surface area (Å²) in [7, 11) is 1.62. The van der Waals surface area contributed by atoms with Crippen LogP contribution in [0.5, 0.6) is 5.75 Å². The van der Waals surface area contributed by atoms with E-state index in [0.717, 1.165) is 22.7 Å². The highest BCUT2D eigenvalue weighted by Gasteiger charge is 2.00. The third-order valence-electron chi connectivity index (χ3n) is 1.39. The quantitative estimate of drug-likeness (QED) is 0.810. The highest BCUT2D eigenvalue weighted by Crippen LogP contribution is 2.23. The molecule has 0 amide bonds. The molecule has 4 heteroatoms. The van der Waals surface area contributed by atoms with Gasteiger partial charge in [0.25, 0.3) is 0 Å². The molecule has 1 aromatic heterocycles. The first-order valence-electron chi connectivity index (χ1n) is 3.72. The van der Waals surface area contributed by atoms with Crippen LogP contribution in [0, 0.1) is 0 Å². The van der Waals surface area contributed by atoms with Gasteiger partial charge in [0.15, 0.2) is 5.75 Å². The molecular weight excluding hydrogens is 220 g/mol. The molecule has 12 heavy (non-hydrogen) atoms. The zero-order valence-electron chi connectivity index (χ0n) is 7.10. The van der Waals surface area contributed by atoms with E-state index in [-0.39, 0.29) is 0 Å². The summed E-state index contributed by atoms with van der Waals surface area (Å²) in [5.41, 5.74) is 0. The predicted molar refractivity (Wildman–Crippen MR) is 52.7 cm³/mol. The summed E-state index contributed by atoms with van der Waals surface area (Å²) >= 11 is 3.30. The first kappa shape index (κ1) is 9.32. The maximum atomic E-state index is 5.04. The minimum Gasteiger partial charge on any atom is -0.494 e. The van der Waals surface area contributed by atoms with Crippen LogP contribution >= 0.6 is 15.9 Å². The van der Waals surface area contributed by atoms with Gasteiger partial charge in [0.1, 0.15) is 10.4 Å². The second-order valence-electron chi connectivity index (χ2n) is 2.22. The average Bonchev–Trinajstić information content (AvgIpc) is 2.05. The molecule has 0 saturated carbocycles. The number of halogens is 1. The van der Waals surface area contributed by atoms with Crippen molar-refractivity contribution in [1.29, 1.82) is 0 Å². The van der Waals surface area contributed by atoms with Gasteiger partial charge >= 0.3 is 0 Å². The van der Waals surface area contributed by atoms with E-state index >= 15 is 0 Å². The first-order chi connectivity index (χ1) is 5.77. The molecular formula is C8H11BrN2O. The van der Waals surface area contributed by atoms with Gasteiger partial charge in [-0.15, -0.1) is 0 Å². The molecule has 0 aliphatic heterocycles. The third kappa shape index (κ3) is 2.11. The number of ether oxygens (including phenoxy) is 1. The number of rotatable bonds is 3. The normalized spacial score (nSPS) is 9.58. The monoisotopic (exact) mass is 230 g/mol. The van der Waals surface area contributed by atoms with Gasteiger partial charge in [-0.2, -0.15) is 0 Å². The van der Waals surface area contributed by atoms with E-state index in [0.29, 0.717) is 0 Å². The summed E-state index contributed by atoms with van der Waals surface area (Å²) in [5.74, 6) is 1.60. The van der Waals surface area contributed by atoms with E-state index in [9.17, 15) is 0 Å². The molecule has 3 nitrogen and oxygen atoms in total. The van der Waals surface area contributed by atoms with Gasteiger partial charge in [-0.25, -0.2) is 4.98 Å². The van der Waals surface area contributed by atoms with Crippen molar-refractivity contribution in [3.8, 4) is 5.75 Å². The number of hydrogen-bond acceptors (Lipinski definition) is 3. The van der Waals surface area contributed by atoms with Crippen molar-refractivity contribution in [1.82, 2.24) is 4.98 Å². The van der Waals surface area contributed by atoms with Crippen LogP contribution in [-0.4, -0.2) is 18.6 Å². The Labute approximate surface area is 80.3 Å². The Balaban J connectivity index is 2.86. The third-order valence-corrected chi connectivity index (χ3v) is 1.96. The van der Waals surface area contributed by atoms with Gasteiger partial charge < -0.3 is 10.1 Å². The molecule has 1 N–H and O–H groups in total. The molecule has 0 fully saturated rings. The summed E-state index contributed by atoms with van der Waals surface area (Å²) in [6.07, 6.45) is 0. The Morgan fingerprint density at radius 1 is 1.58 bits per heavy atom. The molecule has 1 heterocycles. The van der Waals surface area contributed by atoms with E-state index < -0.39 is 0 Å². The Kier molecular flexibility index (Phi) is 3.34. The van der Waals surface area contributed by atoms with E-state index in [1.165, 1.54) is 0 Å². The summed E-state index contributed by atoms with van der Waals surface area (Å²) < 4.78 is 5.77. The zero-order valence-corrected chi connectivity index (χ0v) is 8.68. The summed E-state index contributed by atoms with van der Waals surface area (Å²) in [4.78, 5) is 4.21. The van der Waals surface area contributed by atoms with Crippen molar-refractivity contribution >= 4 is 21.7 Å². The SMILES string of the molecule is CCNc1ccc(OC)c(Br)n1. The highest BCUT2D eigenvalue weighted by atomic mass is 79.9. The summed E-state index contributed by atoms with van der Waals surface area (Å²) in [6, 6.07) is 3.75. The lowest BCUT2D eigenvalue weighted by atomic mass is 10.4. The maximum absolute atomic E-state index is 5.04. The van der Waals surface area contributed by atoms with Crippen LogP contribution < -0.4 is 10.1 Å². The number of hydrogen-bond donors (Lipinski definition) is 1. The van der Waals surface area contributed by atoms with Gasteiger partial charge in [0.05, 0.1) is 7.11 Å². The standard InChI is InChI=1S/C8H11BrN2O/c1-3-10-7-5-4-6(12-2)8(9)11-7/h4-5H,3H2,1-2H3,(H,10,11). The van der Waals surface area contributed by atoms with Crippen LogP contribution in [0.2, 0.25) is 0 Å². The van der Waals surface area contributed by atoms with Crippen LogP contribution in [0.15, 0.2) is 16.7 Å². The lowest BCUT2D eigenvalue weighted by Crippen LogP contribution is -1.99. The number of nitrogens with one attached hydrogen (secondary N) is 1. The minimum absolute atomic E-state index is 0.725. The zero-order chi connectivity index (χ0) is 8.97. The molecule has 0 spiro atoms. The molecule has 66 valence electrons. The lowest BCUT2D eigenvalue weighted by Gasteiger charge is -2.05. The topological polar surface area (TPSA) is 34.1 Å². The van der Waals surface area contributed by atoms with Crippen LogP contribution in [-0.2, 0) is 0 Å². The molecule has 0 aliphatic carbocycles. The van der Waals surface area contributed by atoms with Crippen LogP contribution in [0.3, 0.4) is 0 Å². The van der Waals surface area contributed by atoms with E-state index in [2.05, 4.69) is 26.2 Å². The summed E-state index contributed by atoms with van der Waals surface area (Å²) in [6.45, 7) is 2.89. The van der Waals surface area contributed by atoms with Crippen LogP contribution in [0.25, 0.3) is 0 Å². The molecule has 0 aliphatic rings. The van der Waals surface area contributed by atoms with Gasteiger partial charge in [-0.1, -0.05) is 0 Å². The first-order valence-corrected chi connectivity index (χ1v) is 4.51. The van der Waals surface area contributed by atoms with E-state index in [1.807, 2.05) is 19.1 Å². The van der Waals surface area contributed by atoms with E-state index in [4.69, 9.17) is 4.74 Å². The van der Waals surface area contributed by atoms with Gasteiger partial charge in [-0.3, -0.25) is 0 Å². The smallest absolute Gasteiger partial charge is 0.151 e. The fourth-order valence-corrected chi connectivity index (χ4v) is 1.34. The van der Waals surface area contributed by atoms with Crippen molar-refractivity contribution in [2.45, 2.75) is 6.92 Å². The van der Waals surface area contributed by atoms with Gasteiger partial charge in [-0.05, 0) is 35.0 Å². The molecule has 0 saturated heterocycles. The van der Waals surface area contributed by atoms with Crippen molar-refractivity contribution < 1.29 is 4.74 Å². The van der Waals surface area contributed by atoms with E-state index in [1.54, 1.807) is 7.11 Å². The minimum atomic E-state index is 0.725. The fraction of sp³-hybridized carbons (Fsp3) is 0.375. The van der Waals surface area contributed by atoms with Crippen molar-refractivity contribution in [3.63, 3.8) is 0 Å². The number of anilines is 1. The van der Waals surface area contributed by atoms with Crippen molar-refractivity contribution in [2.75, 3.05) is 19.0 Å². The Morgan fingerprint density at radius 2 is 2.33 bits per heavy atom. The molecule has 1 rings (SSSR count). The summed E-state index contributed by atoms with van der Waals surface area (Å²) in [5, 5.41) is 3.10. The largest absolute Gasteiger partial charge is 0.494 e. The Bertz CT molecular complexity index is 265. The van der Waals surface area contributed by atoms with Crippen molar-refractivity contribution in [2.24, 2.45) is 0 Å². The fourth-order valence-electron chi connectivity index (χ4n) is 0.853. The highest BCUT2D eigenvalue weighted by molar-refractivity contribution is 9.10. The number of pyridine rings is 1. The predicted octanol–water partition coefficient (Wildman–Crippen LogP) is 2.28. The van der Waals surface area contributed by atoms with Gasteiger partial charge in [0.2, 0.25) is 0 Å². The van der Waals surface area contributed by atoms with Gasteiger partial charge in [0, 0.05) is 6.54 Å². The second-order valence-corrected chi connectivity index (χ2v) is 2.97. The van der Waals surface area contributed by atoms with Crippen molar-refractivity contribution in [3.05, 3.63) is 16.7 Å². The molecule has 1 aromatic rings. The molecule has 0 atom stereocenters. The molecule has 0 aromatic carbocycles. The maximum Gasteiger partial charge on any atom is 0.151 e. The number of nitrogens with zero attached hydrogens (tertiary/aromatic N) is 1. The molecule has 0 radical (unpaired) electrons. The molecule has 0 unspecified atom stereocenters. The lowest BCUT2D eigenvalue weighted by molar-refractivity contribution is 0.410.